The summed E-state index contributed by atoms with van der Waals surface area (Å²) < 4.78 is 38.8. The molecule has 0 aromatic carbocycles. The maximum atomic E-state index is 12.3. The molecule has 0 N–H and O–H groups in total. The Kier molecular flexibility index (Phi) is 4.14. The monoisotopic (exact) mass is 265 g/mol. The minimum atomic E-state index is -2.79. The molecule has 2 heterocycles. The molecule has 0 aromatic heterocycles. The van der Waals surface area contributed by atoms with Crippen LogP contribution in [0, 0.1) is 0 Å². The predicted octanol–water partition coefficient (Wildman–Crippen LogP) is 0.632. The van der Waals surface area contributed by atoms with Gasteiger partial charge in [0, 0.05) is 46.3 Å². The summed E-state index contributed by atoms with van der Waals surface area (Å²) in [6, 6.07) is 0. The summed E-state index contributed by atoms with van der Waals surface area (Å²) >= 11 is 0. The number of rotatable bonds is 4. The highest BCUT2D eigenvalue weighted by atomic mass is 19.3. The van der Waals surface area contributed by atoms with Gasteiger partial charge in [-0.1, -0.05) is 0 Å². The second-order valence-electron chi connectivity index (χ2n) is 4.54. The number of amides is 1. The van der Waals surface area contributed by atoms with Crippen LogP contribution in [0.2, 0.25) is 0 Å². The molecule has 0 radical (unpaired) electrons. The smallest absolute Gasteiger partial charge is 0.345 e. The van der Waals surface area contributed by atoms with Crippen LogP contribution >= 0.6 is 0 Å². The van der Waals surface area contributed by atoms with Crippen LogP contribution in [0.1, 0.15) is 12.8 Å². The molecular formula is C11H17F2NO4. The van der Waals surface area contributed by atoms with Crippen molar-refractivity contribution in [2.24, 2.45) is 0 Å². The van der Waals surface area contributed by atoms with Crippen molar-refractivity contribution in [3.05, 3.63) is 0 Å². The van der Waals surface area contributed by atoms with Crippen molar-refractivity contribution in [3.63, 3.8) is 0 Å². The quantitative estimate of drug-likeness (QED) is 0.748. The Bertz CT molecular complexity index is 301. The highest BCUT2D eigenvalue weighted by Crippen LogP contribution is 2.29. The first kappa shape index (κ1) is 13.6. The highest BCUT2D eigenvalue weighted by molar-refractivity contribution is 5.86. The fourth-order valence-corrected chi connectivity index (χ4v) is 2.33. The Labute approximate surface area is 104 Å². The van der Waals surface area contributed by atoms with E-state index in [1.807, 2.05) is 0 Å². The first-order chi connectivity index (χ1) is 8.57. The van der Waals surface area contributed by atoms with Crippen LogP contribution in [0.25, 0.3) is 0 Å². The molecule has 5 nitrogen and oxygen atoms in total. The van der Waals surface area contributed by atoms with Crippen LogP contribution in [0.3, 0.4) is 0 Å². The molecule has 2 fully saturated rings. The molecule has 0 unspecified atom stereocenters. The summed E-state index contributed by atoms with van der Waals surface area (Å²) in [7, 11) is 1.50. The van der Waals surface area contributed by atoms with E-state index in [-0.39, 0.29) is 19.0 Å². The standard InChI is InChI=1S/C11H17F2NO4/c1-16-11(2-4-17-5-3-11)9(15)14-6-8(7-14)18-10(12)13/h8,10H,2-7H2,1H3. The second kappa shape index (κ2) is 5.46. The number of ether oxygens (including phenoxy) is 3. The second-order valence-corrected chi connectivity index (χ2v) is 4.54. The zero-order valence-corrected chi connectivity index (χ0v) is 10.2. The number of halogens is 2. The zero-order valence-electron chi connectivity index (χ0n) is 10.2. The Morgan fingerprint density at radius 2 is 2.00 bits per heavy atom. The maximum Gasteiger partial charge on any atom is 0.345 e. The van der Waals surface area contributed by atoms with Gasteiger partial charge in [-0.3, -0.25) is 4.79 Å². The molecule has 18 heavy (non-hydrogen) atoms. The number of likely N-dealkylation sites (tertiary alicyclic amines) is 1. The maximum absolute atomic E-state index is 12.3. The minimum absolute atomic E-state index is 0.151. The third kappa shape index (κ3) is 2.62. The van der Waals surface area contributed by atoms with E-state index in [4.69, 9.17) is 9.47 Å². The molecule has 0 bridgehead atoms. The summed E-state index contributed by atoms with van der Waals surface area (Å²) in [5.74, 6) is -0.151. The lowest BCUT2D eigenvalue weighted by Crippen LogP contribution is -2.62. The summed E-state index contributed by atoms with van der Waals surface area (Å²) in [5.41, 5.74) is -0.853. The Morgan fingerprint density at radius 3 is 2.50 bits per heavy atom. The van der Waals surface area contributed by atoms with Crippen molar-refractivity contribution in [2.45, 2.75) is 31.2 Å². The van der Waals surface area contributed by atoms with E-state index in [1.54, 1.807) is 0 Å². The molecule has 2 rings (SSSR count). The molecule has 0 saturated carbocycles. The van der Waals surface area contributed by atoms with E-state index in [0.717, 1.165) is 0 Å². The van der Waals surface area contributed by atoms with Gasteiger partial charge in [0.05, 0.1) is 6.10 Å². The van der Waals surface area contributed by atoms with Gasteiger partial charge >= 0.3 is 6.61 Å². The SMILES string of the molecule is COC1(C(=O)N2CC(OC(F)F)C2)CCOCC1. The van der Waals surface area contributed by atoms with E-state index in [1.165, 1.54) is 12.0 Å². The topological polar surface area (TPSA) is 48.0 Å². The molecule has 2 saturated heterocycles. The lowest BCUT2D eigenvalue weighted by Gasteiger charge is -2.45. The number of carbonyl (C=O) groups excluding carboxylic acids is 1. The van der Waals surface area contributed by atoms with Gasteiger partial charge in [0.1, 0.15) is 0 Å². The van der Waals surface area contributed by atoms with Gasteiger partial charge in [0.25, 0.3) is 5.91 Å². The molecule has 0 aromatic rings. The fourth-order valence-electron chi connectivity index (χ4n) is 2.33. The van der Waals surface area contributed by atoms with Gasteiger partial charge in [0.15, 0.2) is 5.60 Å². The Hall–Kier alpha value is -0.790. The third-order valence-corrected chi connectivity index (χ3v) is 3.51. The molecule has 2 aliphatic rings. The van der Waals surface area contributed by atoms with E-state index >= 15 is 0 Å². The van der Waals surface area contributed by atoms with Gasteiger partial charge in [-0.05, 0) is 0 Å². The number of hydrogen-bond acceptors (Lipinski definition) is 4. The van der Waals surface area contributed by atoms with Gasteiger partial charge in [-0.25, -0.2) is 0 Å². The van der Waals surface area contributed by atoms with Crippen molar-refractivity contribution >= 4 is 5.91 Å². The normalized spacial score (nSPS) is 24.1. The molecule has 104 valence electrons. The average molecular weight is 265 g/mol. The van der Waals surface area contributed by atoms with Gasteiger partial charge in [0.2, 0.25) is 0 Å². The number of methoxy groups -OCH3 is 1. The number of alkyl halides is 2. The fraction of sp³-hybridized carbons (Fsp3) is 0.909. The number of nitrogens with zero attached hydrogens (tertiary/aromatic N) is 1. The summed E-state index contributed by atoms with van der Waals surface area (Å²) in [5, 5.41) is 0. The molecule has 0 spiro atoms. The van der Waals surface area contributed by atoms with Crippen molar-refractivity contribution in [1.29, 1.82) is 0 Å². The van der Waals surface area contributed by atoms with Gasteiger partial charge in [-0.2, -0.15) is 8.78 Å². The zero-order chi connectivity index (χ0) is 13.2. The molecule has 2 aliphatic heterocycles. The molecule has 1 amide bonds. The van der Waals surface area contributed by atoms with Crippen LogP contribution in [0.4, 0.5) is 8.78 Å². The lowest BCUT2D eigenvalue weighted by atomic mass is 9.91. The van der Waals surface area contributed by atoms with Gasteiger partial charge < -0.3 is 19.1 Å². The summed E-state index contributed by atoms with van der Waals surface area (Å²) in [4.78, 5) is 13.8. The van der Waals surface area contributed by atoms with E-state index < -0.39 is 18.3 Å². The molecule has 0 aliphatic carbocycles. The average Bonchev–Trinajstić information content (AvgIpc) is 2.33. The van der Waals surface area contributed by atoms with Crippen molar-refractivity contribution in [1.82, 2.24) is 4.90 Å². The van der Waals surface area contributed by atoms with Crippen LogP contribution in [-0.4, -0.2) is 62.5 Å². The van der Waals surface area contributed by atoms with Crippen molar-refractivity contribution in [3.8, 4) is 0 Å². The molecular weight excluding hydrogens is 248 g/mol. The first-order valence-electron chi connectivity index (χ1n) is 5.93. The number of carbonyl (C=O) groups is 1. The van der Waals surface area contributed by atoms with Crippen molar-refractivity contribution in [2.75, 3.05) is 33.4 Å². The Morgan fingerprint density at radius 1 is 1.39 bits per heavy atom. The predicted molar refractivity (Wildman–Crippen MR) is 57.3 cm³/mol. The Balaban J connectivity index is 1.88. The van der Waals surface area contributed by atoms with E-state index in [2.05, 4.69) is 4.74 Å². The van der Waals surface area contributed by atoms with Crippen LogP contribution in [0.15, 0.2) is 0 Å². The first-order valence-corrected chi connectivity index (χ1v) is 5.93. The van der Waals surface area contributed by atoms with Crippen LogP contribution in [0.5, 0.6) is 0 Å². The van der Waals surface area contributed by atoms with Gasteiger partial charge in [-0.15, -0.1) is 0 Å². The largest absolute Gasteiger partial charge is 0.381 e. The van der Waals surface area contributed by atoms with Crippen LogP contribution in [-0.2, 0) is 19.0 Å². The van der Waals surface area contributed by atoms with Crippen LogP contribution < -0.4 is 0 Å². The van der Waals surface area contributed by atoms with E-state index in [9.17, 15) is 13.6 Å². The summed E-state index contributed by atoms with van der Waals surface area (Å²) in [6.45, 7) is -1.43. The highest BCUT2D eigenvalue weighted by Gasteiger charge is 2.46. The number of hydrogen-bond donors (Lipinski definition) is 0. The molecule has 7 heteroatoms. The molecule has 0 atom stereocenters. The minimum Gasteiger partial charge on any atom is -0.381 e. The third-order valence-electron chi connectivity index (χ3n) is 3.51. The van der Waals surface area contributed by atoms with Crippen molar-refractivity contribution < 1.29 is 27.8 Å². The lowest BCUT2D eigenvalue weighted by molar-refractivity contribution is -0.209. The van der Waals surface area contributed by atoms with E-state index in [0.29, 0.717) is 26.1 Å². The summed E-state index contributed by atoms with van der Waals surface area (Å²) in [6.07, 6.45) is 0.431.